The highest BCUT2D eigenvalue weighted by Gasteiger charge is 2.24. The first kappa shape index (κ1) is 20.4. The number of pyridine rings is 1. The molecule has 1 amide bonds. The van der Waals surface area contributed by atoms with Crippen LogP contribution in [-0.4, -0.2) is 56.0 Å². The standard InChI is InChI=1S/C22H25N5O2S/c1-16-6-3-4-13-26(16)20(28)15-30-22-25-24-21(17-9-11-23-12-10-17)27(22)18-7-5-8-19(14-18)29-2/h5,7-12,14,16H,3-4,6,13,15H2,1-2H3/t16-/m0/s1. The first-order valence-corrected chi connectivity index (χ1v) is 11.1. The second kappa shape index (κ2) is 9.30. The van der Waals surface area contributed by atoms with Gasteiger partial charge in [0.25, 0.3) is 0 Å². The van der Waals surface area contributed by atoms with E-state index in [0.717, 1.165) is 36.4 Å². The quantitative estimate of drug-likeness (QED) is 0.561. The van der Waals surface area contributed by atoms with Crippen molar-refractivity contribution in [2.24, 2.45) is 0 Å². The van der Waals surface area contributed by atoms with Crippen LogP contribution in [0.2, 0.25) is 0 Å². The topological polar surface area (TPSA) is 73.1 Å². The number of amides is 1. The molecule has 1 aromatic carbocycles. The van der Waals surface area contributed by atoms with E-state index in [1.54, 1.807) is 19.5 Å². The van der Waals surface area contributed by atoms with Crippen LogP contribution in [0.5, 0.6) is 5.75 Å². The number of thioether (sulfide) groups is 1. The van der Waals surface area contributed by atoms with Crippen LogP contribution in [0.15, 0.2) is 53.9 Å². The molecule has 0 radical (unpaired) electrons. The highest BCUT2D eigenvalue weighted by molar-refractivity contribution is 7.99. The van der Waals surface area contributed by atoms with Crippen molar-refractivity contribution in [2.45, 2.75) is 37.4 Å². The number of carbonyl (C=O) groups excluding carboxylic acids is 1. The Kier molecular flexibility index (Phi) is 6.32. The van der Waals surface area contributed by atoms with E-state index >= 15 is 0 Å². The molecule has 3 aromatic rings. The number of ether oxygens (including phenoxy) is 1. The van der Waals surface area contributed by atoms with E-state index in [2.05, 4.69) is 22.1 Å². The number of hydrogen-bond acceptors (Lipinski definition) is 6. The summed E-state index contributed by atoms with van der Waals surface area (Å²) in [4.78, 5) is 18.9. The number of piperidine rings is 1. The second-order valence-corrected chi connectivity index (χ2v) is 8.24. The highest BCUT2D eigenvalue weighted by Crippen LogP contribution is 2.30. The van der Waals surface area contributed by atoms with Gasteiger partial charge in [0.05, 0.1) is 18.6 Å². The molecule has 0 N–H and O–H groups in total. The van der Waals surface area contributed by atoms with Crippen molar-refractivity contribution in [1.82, 2.24) is 24.6 Å². The summed E-state index contributed by atoms with van der Waals surface area (Å²) in [5.41, 5.74) is 1.79. The van der Waals surface area contributed by atoms with E-state index < -0.39 is 0 Å². The lowest BCUT2D eigenvalue weighted by atomic mass is 10.0. The number of hydrogen-bond donors (Lipinski definition) is 0. The maximum absolute atomic E-state index is 12.8. The Morgan fingerprint density at radius 1 is 1.20 bits per heavy atom. The lowest BCUT2D eigenvalue weighted by Crippen LogP contribution is -2.42. The van der Waals surface area contributed by atoms with Gasteiger partial charge in [-0.05, 0) is 50.5 Å². The minimum absolute atomic E-state index is 0.151. The molecular weight excluding hydrogens is 398 g/mol. The second-order valence-electron chi connectivity index (χ2n) is 7.30. The van der Waals surface area contributed by atoms with Gasteiger partial charge in [0.1, 0.15) is 5.75 Å². The molecule has 1 fully saturated rings. The maximum Gasteiger partial charge on any atom is 0.233 e. The monoisotopic (exact) mass is 423 g/mol. The van der Waals surface area contributed by atoms with Gasteiger partial charge in [0.2, 0.25) is 5.91 Å². The summed E-state index contributed by atoms with van der Waals surface area (Å²) in [5, 5.41) is 9.50. The van der Waals surface area contributed by atoms with E-state index in [9.17, 15) is 4.79 Å². The fraction of sp³-hybridized carbons (Fsp3) is 0.364. The van der Waals surface area contributed by atoms with Crippen molar-refractivity contribution in [3.63, 3.8) is 0 Å². The van der Waals surface area contributed by atoms with Crippen LogP contribution in [0.1, 0.15) is 26.2 Å². The van der Waals surface area contributed by atoms with Gasteiger partial charge in [-0.1, -0.05) is 17.8 Å². The average Bonchev–Trinajstić information content (AvgIpc) is 3.22. The molecule has 156 valence electrons. The summed E-state index contributed by atoms with van der Waals surface area (Å²) >= 11 is 1.42. The molecular formula is C22H25N5O2S. The Morgan fingerprint density at radius 3 is 2.80 bits per heavy atom. The van der Waals surface area contributed by atoms with Crippen LogP contribution in [0.3, 0.4) is 0 Å². The summed E-state index contributed by atoms with van der Waals surface area (Å²) in [7, 11) is 1.64. The van der Waals surface area contributed by atoms with Crippen LogP contribution in [0.25, 0.3) is 17.1 Å². The number of nitrogens with zero attached hydrogens (tertiary/aromatic N) is 5. The van der Waals surface area contributed by atoms with E-state index in [0.29, 0.717) is 22.8 Å². The van der Waals surface area contributed by atoms with Gasteiger partial charge in [0, 0.05) is 36.6 Å². The van der Waals surface area contributed by atoms with Gasteiger partial charge in [-0.15, -0.1) is 10.2 Å². The van der Waals surface area contributed by atoms with E-state index in [-0.39, 0.29) is 5.91 Å². The van der Waals surface area contributed by atoms with Crippen molar-refractivity contribution in [1.29, 1.82) is 0 Å². The van der Waals surface area contributed by atoms with Crippen LogP contribution in [-0.2, 0) is 4.79 Å². The van der Waals surface area contributed by atoms with Crippen molar-refractivity contribution >= 4 is 17.7 Å². The predicted octanol–water partition coefficient (Wildman–Crippen LogP) is 3.83. The number of likely N-dealkylation sites (tertiary alicyclic amines) is 1. The Hall–Kier alpha value is -2.87. The molecule has 1 atom stereocenters. The van der Waals surface area contributed by atoms with E-state index in [1.165, 1.54) is 18.2 Å². The SMILES string of the molecule is COc1cccc(-n2c(SCC(=O)N3CCCC[C@@H]3C)nnc2-c2ccncc2)c1. The molecule has 3 heterocycles. The summed E-state index contributed by atoms with van der Waals surface area (Å²) in [6.45, 7) is 2.97. The lowest BCUT2D eigenvalue weighted by molar-refractivity contribution is -0.131. The zero-order valence-corrected chi connectivity index (χ0v) is 18.0. The van der Waals surface area contributed by atoms with Gasteiger partial charge >= 0.3 is 0 Å². The molecule has 0 aliphatic carbocycles. The molecule has 30 heavy (non-hydrogen) atoms. The Morgan fingerprint density at radius 2 is 2.03 bits per heavy atom. The van der Waals surface area contributed by atoms with Crippen LogP contribution < -0.4 is 4.74 Å². The fourth-order valence-corrected chi connectivity index (χ4v) is 4.55. The molecule has 1 aliphatic heterocycles. The van der Waals surface area contributed by atoms with Crippen LogP contribution in [0.4, 0.5) is 0 Å². The first-order chi connectivity index (χ1) is 14.7. The highest BCUT2D eigenvalue weighted by atomic mass is 32.2. The third-order valence-electron chi connectivity index (χ3n) is 5.33. The third-order valence-corrected chi connectivity index (χ3v) is 6.25. The number of methoxy groups -OCH3 is 1. The van der Waals surface area contributed by atoms with E-state index in [4.69, 9.17) is 4.74 Å². The van der Waals surface area contributed by atoms with Crippen LogP contribution >= 0.6 is 11.8 Å². The van der Waals surface area contributed by atoms with Crippen molar-refractivity contribution in [3.05, 3.63) is 48.8 Å². The Labute approximate surface area is 180 Å². The van der Waals surface area contributed by atoms with Gasteiger partial charge in [-0.25, -0.2) is 0 Å². The predicted molar refractivity (Wildman–Crippen MR) is 117 cm³/mol. The third kappa shape index (κ3) is 4.33. The number of carbonyl (C=O) groups is 1. The molecule has 0 saturated carbocycles. The molecule has 0 unspecified atom stereocenters. The Balaban J connectivity index is 1.64. The molecule has 4 rings (SSSR count). The molecule has 1 saturated heterocycles. The zero-order valence-electron chi connectivity index (χ0n) is 17.2. The number of benzene rings is 1. The normalized spacial score (nSPS) is 16.5. The Bertz CT molecular complexity index is 1010. The smallest absolute Gasteiger partial charge is 0.233 e. The molecule has 8 heteroatoms. The van der Waals surface area contributed by atoms with Gasteiger partial charge in [-0.3, -0.25) is 14.3 Å². The fourth-order valence-electron chi connectivity index (χ4n) is 3.71. The number of rotatable bonds is 6. The summed E-state index contributed by atoms with van der Waals surface area (Å²) in [6.07, 6.45) is 6.80. The minimum atomic E-state index is 0.151. The first-order valence-electron chi connectivity index (χ1n) is 10.1. The number of aromatic nitrogens is 4. The van der Waals surface area contributed by atoms with Gasteiger partial charge in [0.15, 0.2) is 11.0 Å². The van der Waals surface area contributed by atoms with Crippen LogP contribution in [0, 0.1) is 0 Å². The lowest BCUT2D eigenvalue weighted by Gasteiger charge is -2.33. The van der Waals surface area contributed by atoms with Gasteiger partial charge < -0.3 is 9.64 Å². The van der Waals surface area contributed by atoms with Crippen molar-refractivity contribution in [2.75, 3.05) is 19.4 Å². The average molecular weight is 424 g/mol. The summed E-state index contributed by atoms with van der Waals surface area (Å²) < 4.78 is 7.36. The summed E-state index contributed by atoms with van der Waals surface area (Å²) in [6, 6.07) is 11.8. The molecule has 2 aromatic heterocycles. The minimum Gasteiger partial charge on any atom is -0.497 e. The molecule has 1 aliphatic rings. The summed E-state index contributed by atoms with van der Waals surface area (Å²) in [5.74, 6) is 1.93. The molecule has 7 nitrogen and oxygen atoms in total. The van der Waals surface area contributed by atoms with Gasteiger partial charge in [-0.2, -0.15) is 0 Å². The molecule has 0 bridgehead atoms. The maximum atomic E-state index is 12.8. The largest absolute Gasteiger partial charge is 0.497 e. The van der Waals surface area contributed by atoms with Crippen molar-refractivity contribution in [3.8, 4) is 22.8 Å². The molecule has 0 spiro atoms. The van der Waals surface area contributed by atoms with Crippen molar-refractivity contribution < 1.29 is 9.53 Å². The van der Waals surface area contributed by atoms with E-state index in [1.807, 2.05) is 45.9 Å². The zero-order chi connectivity index (χ0) is 20.9.